The van der Waals surface area contributed by atoms with Crippen molar-refractivity contribution >= 4 is 17.3 Å². The number of anilines is 2. The highest BCUT2D eigenvalue weighted by Crippen LogP contribution is 2.50. The van der Waals surface area contributed by atoms with Crippen LogP contribution in [0.4, 0.5) is 15.8 Å². The first-order chi connectivity index (χ1) is 13.0. The Hall–Kier alpha value is -2.87. The fourth-order valence-corrected chi connectivity index (χ4v) is 4.36. The van der Waals surface area contributed by atoms with Gasteiger partial charge in [0, 0.05) is 35.8 Å². The molecule has 1 saturated carbocycles. The van der Waals surface area contributed by atoms with Crippen LogP contribution in [0.1, 0.15) is 43.9 Å². The summed E-state index contributed by atoms with van der Waals surface area (Å²) in [5.74, 6) is 0.322. The molecule has 2 aliphatic rings. The van der Waals surface area contributed by atoms with Crippen LogP contribution in [0.2, 0.25) is 0 Å². The van der Waals surface area contributed by atoms with Crippen LogP contribution in [0.3, 0.4) is 0 Å². The molecule has 0 radical (unpaired) electrons. The van der Waals surface area contributed by atoms with Crippen LogP contribution in [0, 0.1) is 29.0 Å². The van der Waals surface area contributed by atoms with Gasteiger partial charge in [0.1, 0.15) is 5.82 Å². The molecular weight excluding hydrogens is 341 g/mol. The molecule has 1 fully saturated rings. The number of nitriles is 1. The van der Waals surface area contributed by atoms with Crippen LogP contribution in [-0.4, -0.2) is 11.9 Å². The Labute approximate surface area is 158 Å². The van der Waals surface area contributed by atoms with Crippen molar-refractivity contribution < 1.29 is 9.18 Å². The van der Waals surface area contributed by atoms with E-state index in [-0.39, 0.29) is 29.7 Å². The lowest BCUT2D eigenvalue weighted by atomic mass is 9.79. The number of carbonyl (C=O) groups is 1. The number of rotatable bonds is 3. The van der Waals surface area contributed by atoms with E-state index in [9.17, 15) is 9.18 Å². The van der Waals surface area contributed by atoms with Gasteiger partial charge in [0.15, 0.2) is 0 Å². The van der Waals surface area contributed by atoms with Gasteiger partial charge in [-0.1, -0.05) is 6.92 Å². The van der Waals surface area contributed by atoms with Crippen molar-refractivity contribution in [3.8, 4) is 6.07 Å². The Morgan fingerprint density at radius 1 is 1.22 bits per heavy atom. The topological polar surface area (TPSA) is 56.1 Å². The zero-order valence-corrected chi connectivity index (χ0v) is 15.4. The highest BCUT2D eigenvalue weighted by atomic mass is 19.1. The highest BCUT2D eigenvalue weighted by molar-refractivity contribution is 5.94. The van der Waals surface area contributed by atoms with Gasteiger partial charge in [-0.2, -0.15) is 5.26 Å². The van der Waals surface area contributed by atoms with E-state index in [2.05, 4.69) is 18.3 Å². The summed E-state index contributed by atoms with van der Waals surface area (Å²) in [4.78, 5) is 14.3. The number of halogens is 1. The monoisotopic (exact) mass is 363 g/mol. The second-order valence-corrected chi connectivity index (χ2v) is 7.59. The van der Waals surface area contributed by atoms with Gasteiger partial charge in [-0.05, 0) is 61.2 Å². The van der Waals surface area contributed by atoms with Gasteiger partial charge in [0.25, 0.3) is 0 Å². The molecule has 0 bridgehead atoms. The number of carbonyl (C=O) groups excluding carboxylic acids is 1. The van der Waals surface area contributed by atoms with Crippen LogP contribution in [0.5, 0.6) is 0 Å². The molecule has 1 aliphatic heterocycles. The minimum Gasteiger partial charge on any atom is -0.378 e. The number of hydrogen-bond acceptors (Lipinski definition) is 3. The number of nitrogens with one attached hydrogen (secondary N) is 1. The summed E-state index contributed by atoms with van der Waals surface area (Å²) in [5.41, 5.74) is 3.08. The Kier molecular flexibility index (Phi) is 4.35. The Bertz CT molecular complexity index is 914. The normalized spacial score (nSPS) is 24.1. The third-order valence-electron chi connectivity index (χ3n) is 5.73. The van der Waals surface area contributed by atoms with Gasteiger partial charge in [0.05, 0.1) is 17.7 Å². The summed E-state index contributed by atoms with van der Waals surface area (Å²) in [7, 11) is 0. The molecule has 2 aromatic rings. The Balaban J connectivity index is 1.77. The summed E-state index contributed by atoms with van der Waals surface area (Å²) in [6, 6.07) is 14.1. The van der Waals surface area contributed by atoms with Crippen molar-refractivity contribution in [1.82, 2.24) is 0 Å². The zero-order valence-electron chi connectivity index (χ0n) is 15.4. The smallest absolute Gasteiger partial charge is 0.224 e. The number of hydrogen-bond donors (Lipinski definition) is 1. The predicted molar refractivity (Wildman–Crippen MR) is 103 cm³/mol. The highest BCUT2D eigenvalue weighted by Gasteiger charge is 2.47. The maximum atomic E-state index is 14.1. The molecule has 0 spiro atoms. The second-order valence-electron chi connectivity index (χ2n) is 7.59. The zero-order chi connectivity index (χ0) is 19.1. The van der Waals surface area contributed by atoms with Crippen molar-refractivity contribution in [2.24, 2.45) is 11.8 Å². The molecule has 4 rings (SSSR count). The number of benzene rings is 2. The predicted octanol–water partition coefficient (Wildman–Crippen LogP) is 4.63. The lowest BCUT2D eigenvalue weighted by molar-refractivity contribution is -0.117. The van der Waals surface area contributed by atoms with Crippen LogP contribution in [0.15, 0.2) is 42.5 Å². The van der Waals surface area contributed by atoms with E-state index < -0.39 is 0 Å². The van der Waals surface area contributed by atoms with Gasteiger partial charge < -0.3 is 10.2 Å². The fraction of sp³-hybridized carbons (Fsp3) is 0.364. The lowest BCUT2D eigenvalue weighted by Crippen LogP contribution is -2.51. The first-order valence-corrected chi connectivity index (χ1v) is 9.35. The third kappa shape index (κ3) is 3.16. The van der Waals surface area contributed by atoms with Crippen molar-refractivity contribution in [3.05, 3.63) is 59.4 Å². The molecule has 4 nitrogen and oxygen atoms in total. The molecule has 3 atom stereocenters. The average molecular weight is 363 g/mol. The van der Waals surface area contributed by atoms with E-state index in [0.29, 0.717) is 11.5 Å². The Morgan fingerprint density at radius 3 is 2.52 bits per heavy atom. The first kappa shape index (κ1) is 17.5. The third-order valence-corrected chi connectivity index (χ3v) is 5.73. The summed E-state index contributed by atoms with van der Waals surface area (Å²) < 4.78 is 14.1. The van der Waals surface area contributed by atoms with Crippen LogP contribution < -0.4 is 10.2 Å². The molecule has 1 heterocycles. The molecule has 27 heavy (non-hydrogen) atoms. The molecule has 1 amide bonds. The largest absolute Gasteiger partial charge is 0.378 e. The van der Waals surface area contributed by atoms with Crippen molar-refractivity contribution in [2.75, 3.05) is 10.2 Å². The van der Waals surface area contributed by atoms with E-state index >= 15 is 0 Å². The molecule has 0 saturated heterocycles. The van der Waals surface area contributed by atoms with E-state index in [1.807, 2.05) is 17.0 Å². The summed E-state index contributed by atoms with van der Waals surface area (Å²) in [6.07, 6.45) is 2.25. The quantitative estimate of drug-likeness (QED) is 0.865. The average Bonchev–Trinajstić information content (AvgIpc) is 3.48. The summed E-state index contributed by atoms with van der Waals surface area (Å²) in [6.45, 7) is 3.72. The van der Waals surface area contributed by atoms with Crippen LogP contribution in [-0.2, 0) is 4.79 Å². The standard InChI is InChI=1S/C22H22FN3O/c1-13-21(25-18-8-3-15(12-24)4-9-18)19-11-17(23)7-10-20(19)26(14(2)27)22(13)16-5-6-16/h3-4,7-11,13,16,21-22,25H,5-6H2,1-2H3/t13-,21-,22-/m1/s1. The summed E-state index contributed by atoms with van der Waals surface area (Å²) in [5, 5.41) is 12.5. The second kappa shape index (κ2) is 6.70. The molecule has 0 aromatic heterocycles. The molecule has 1 N–H and O–H groups in total. The van der Waals surface area contributed by atoms with Gasteiger partial charge >= 0.3 is 0 Å². The van der Waals surface area contributed by atoms with Crippen LogP contribution in [0.25, 0.3) is 0 Å². The van der Waals surface area contributed by atoms with E-state index in [1.54, 1.807) is 25.1 Å². The molecule has 5 heteroatoms. The minimum atomic E-state index is -0.305. The van der Waals surface area contributed by atoms with Gasteiger partial charge in [-0.25, -0.2) is 4.39 Å². The Morgan fingerprint density at radius 2 is 1.93 bits per heavy atom. The molecule has 0 unspecified atom stereocenters. The minimum absolute atomic E-state index is 0.00318. The van der Waals surface area contributed by atoms with Gasteiger partial charge in [-0.15, -0.1) is 0 Å². The summed E-state index contributed by atoms with van der Waals surface area (Å²) >= 11 is 0. The lowest BCUT2D eigenvalue weighted by Gasteiger charge is -2.46. The van der Waals surface area contributed by atoms with Crippen LogP contribution >= 0.6 is 0 Å². The van der Waals surface area contributed by atoms with Crippen molar-refractivity contribution in [2.45, 2.75) is 38.8 Å². The molecule has 138 valence electrons. The number of fused-ring (bicyclic) bond motifs is 1. The van der Waals surface area contributed by atoms with Gasteiger partial charge in [-0.3, -0.25) is 4.79 Å². The van der Waals surface area contributed by atoms with E-state index in [0.717, 1.165) is 29.8 Å². The van der Waals surface area contributed by atoms with E-state index in [1.165, 1.54) is 12.1 Å². The fourth-order valence-electron chi connectivity index (χ4n) is 4.36. The first-order valence-electron chi connectivity index (χ1n) is 9.35. The van der Waals surface area contributed by atoms with Crippen molar-refractivity contribution in [3.63, 3.8) is 0 Å². The molecule has 2 aromatic carbocycles. The SMILES string of the molecule is CC(=O)N1c2ccc(F)cc2[C@H](Nc2ccc(C#N)cc2)[C@@H](C)[C@@H]1C1CC1. The van der Waals surface area contributed by atoms with Crippen molar-refractivity contribution in [1.29, 1.82) is 5.26 Å². The maximum absolute atomic E-state index is 14.1. The number of amides is 1. The number of nitrogens with zero attached hydrogens (tertiary/aromatic N) is 2. The van der Waals surface area contributed by atoms with Gasteiger partial charge in [0.2, 0.25) is 5.91 Å². The molecular formula is C22H22FN3O. The van der Waals surface area contributed by atoms with E-state index in [4.69, 9.17) is 5.26 Å². The molecule has 1 aliphatic carbocycles. The maximum Gasteiger partial charge on any atom is 0.224 e.